The van der Waals surface area contributed by atoms with E-state index in [2.05, 4.69) is 5.87 Å². The van der Waals surface area contributed by atoms with Crippen molar-refractivity contribution in [1.29, 1.82) is 0 Å². The molecule has 1 unspecified atom stereocenters. The molecule has 1 saturated carbocycles. The van der Waals surface area contributed by atoms with Gasteiger partial charge in [0.25, 0.3) is 0 Å². The molecule has 0 radical (unpaired) electrons. The number of hydrogen-bond donors (Lipinski definition) is 1. The highest BCUT2D eigenvalue weighted by molar-refractivity contribution is 8.01. The number of rotatable bonds is 6. The smallest absolute Gasteiger partial charge is 0.307 e. The molecule has 1 aliphatic carbocycles. The second-order valence-electron chi connectivity index (χ2n) is 7.42. The molecule has 1 aliphatic rings. The van der Waals surface area contributed by atoms with E-state index >= 15 is 0 Å². The molecule has 29 heavy (non-hydrogen) atoms. The first kappa shape index (κ1) is 19.5. The van der Waals surface area contributed by atoms with E-state index in [-0.39, 0.29) is 11.7 Å². The molecule has 1 atom stereocenters. The molecule has 4 rings (SSSR count). The van der Waals surface area contributed by atoms with E-state index in [1.54, 1.807) is 43.3 Å². The molecule has 0 aliphatic heterocycles. The van der Waals surface area contributed by atoms with Gasteiger partial charge in [-0.3, -0.25) is 9.00 Å². The van der Waals surface area contributed by atoms with Gasteiger partial charge in [-0.2, -0.15) is 0 Å². The first-order valence-electron chi connectivity index (χ1n) is 9.33. The number of fused-ring (bicyclic) bond motifs is 1. The van der Waals surface area contributed by atoms with Crippen molar-refractivity contribution in [1.82, 2.24) is 0 Å². The Morgan fingerprint density at radius 1 is 1.21 bits per heavy atom. The number of halogens is 1. The lowest BCUT2D eigenvalue weighted by molar-refractivity contribution is -0.136. The fraction of sp³-hybridized carbons (Fsp3) is 0.217. The number of aliphatic carboxylic acids is 1. The van der Waals surface area contributed by atoms with Gasteiger partial charge in [-0.1, -0.05) is 12.1 Å². The van der Waals surface area contributed by atoms with Crippen LogP contribution >= 0.6 is 0 Å². The van der Waals surface area contributed by atoms with E-state index in [9.17, 15) is 18.5 Å². The number of benzene rings is 3. The SMILES string of the molecule is C=S(=O)(c1ccc(Oc2c(C)c(CC(=O)O)cc3ccc(F)cc23)cc1)C1CC1. The Kier molecular flexibility index (Phi) is 4.82. The zero-order chi connectivity index (χ0) is 20.8. The second-order valence-corrected chi connectivity index (χ2v) is 10.0. The lowest BCUT2D eigenvalue weighted by atomic mass is 9.98. The molecule has 1 N–H and O–H groups in total. The van der Waals surface area contributed by atoms with Gasteiger partial charge in [0.15, 0.2) is 0 Å². The third kappa shape index (κ3) is 3.85. The van der Waals surface area contributed by atoms with E-state index in [1.165, 1.54) is 12.1 Å². The summed E-state index contributed by atoms with van der Waals surface area (Å²) in [7, 11) is -2.29. The van der Waals surface area contributed by atoms with Crippen LogP contribution < -0.4 is 4.74 Å². The number of hydrogen-bond acceptors (Lipinski definition) is 3. The van der Waals surface area contributed by atoms with Crippen LogP contribution in [0.4, 0.5) is 4.39 Å². The summed E-state index contributed by atoms with van der Waals surface area (Å²) in [6.45, 7) is 1.77. The summed E-state index contributed by atoms with van der Waals surface area (Å²) in [6.07, 6.45) is 1.72. The standard InChI is InChI=1S/C23H21FO4S/c1-14-16(12-22(25)26)11-15-3-4-17(24)13-21(15)23(14)28-18-5-7-19(8-6-18)29(2,27)20-9-10-20/h3-8,11,13,20H,2,9-10,12H2,1H3,(H,25,26). The van der Waals surface area contributed by atoms with E-state index in [0.717, 1.165) is 12.8 Å². The first-order chi connectivity index (χ1) is 13.8. The molecule has 0 amide bonds. The lowest BCUT2D eigenvalue weighted by Gasteiger charge is -2.16. The van der Waals surface area contributed by atoms with Crippen LogP contribution in [0.2, 0.25) is 0 Å². The highest BCUT2D eigenvalue weighted by Crippen LogP contribution is 2.38. The molecule has 3 aromatic carbocycles. The summed E-state index contributed by atoms with van der Waals surface area (Å²) < 4.78 is 32.7. The molecule has 0 saturated heterocycles. The maximum atomic E-state index is 13.9. The van der Waals surface area contributed by atoms with Gasteiger partial charge in [0.2, 0.25) is 0 Å². The van der Waals surface area contributed by atoms with Crippen LogP contribution in [0.1, 0.15) is 24.0 Å². The van der Waals surface area contributed by atoms with Crippen LogP contribution in [0.3, 0.4) is 0 Å². The van der Waals surface area contributed by atoms with Crippen molar-refractivity contribution in [2.75, 3.05) is 0 Å². The predicted octanol–water partition coefficient (Wildman–Crippen LogP) is 4.94. The lowest BCUT2D eigenvalue weighted by Crippen LogP contribution is -2.06. The van der Waals surface area contributed by atoms with E-state index in [0.29, 0.717) is 38.3 Å². The number of ether oxygens (including phenoxy) is 1. The van der Waals surface area contributed by atoms with Crippen LogP contribution in [0, 0.1) is 12.7 Å². The van der Waals surface area contributed by atoms with Gasteiger partial charge < -0.3 is 9.84 Å². The van der Waals surface area contributed by atoms with Gasteiger partial charge in [0, 0.05) is 15.5 Å². The monoisotopic (exact) mass is 412 g/mol. The Balaban J connectivity index is 1.75. The molecule has 0 spiro atoms. The summed E-state index contributed by atoms with van der Waals surface area (Å²) in [4.78, 5) is 11.9. The summed E-state index contributed by atoms with van der Waals surface area (Å²) >= 11 is 0. The summed E-state index contributed by atoms with van der Waals surface area (Å²) in [5.74, 6) is 3.48. The predicted molar refractivity (Wildman–Crippen MR) is 113 cm³/mol. The molecule has 3 aromatic rings. The zero-order valence-corrected chi connectivity index (χ0v) is 16.8. The Hall–Kier alpha value is -2.86. The normalized spacial score (nSPS) is 15.8. The molecule has 4 nitrogen and oxygen atoms in total. The molecule has 6 heteroatoms. The van der Waals surface area contributed by atoms with Crippen molar-refractivity contribution < 1.29 is 23.2 Å². The molecule has 0 heterocycles. The largest absolute Gasteiger partial charge is 0.481 e. The van der Waals surface area contributed by atoms with E-state index in [4.69, 9.17) is 4.74 Å². The summed E-state index contributed by atoms with van der Waals surface area (Å²) in [5.41, 5.74) is 1.26. The number of carboxylic acids is 1. The van der Waals surface area contributed by atoms with Gasteiger partial charge in [-0.25, -0.2) is 4.39 Å². The van der Waals surface area contributed by atoms with Crippen molar-refractivity contribution in [3.05, 3.63) is 65.5 Å². The molecular formula is C23H21FO4S. The van der Waals surface area contributed by atoms with Crippen molar-refractivity contribution in [3.8, 4) is 11.5 Å². The molecule has 150 valence electrons. The molecule has 0 bridgehead atoms. The maximum Gasteiger partial charge on any atom is 0.307 e. The Morgan fingerprint density at radius 2 is 1.90 bits per heavy atom. The highest BCUT2D eigenvalue weighted by Gasteiger charge is 2.31. The van der Waals surface area contributed by atoms with Gasteiger partial charge >= 0.3 is 5.97 Å². The van der Waals surface area contributed by atoms with Crippen molar-refractivity contribution >= 4 is 32.1 Å². The van der Waals surface area contributed by atoms with Crippen LogP contribution in [0.15, 0.2) is 53.4 Å². The van der Waals surface area contributed by atoms with Crippen molar-refractivity contribution in [2.45, 2.75) is 36.3 Å². The van der Waals surface area contributed by atoms with Crippen LogP contribution in [-0.2, 0) is 20.7 Å². The summed E-state index contributed by atoms with van der Waals surface area (Å²) in [6, 6.07) is 13.0. The minimum atomic E-state index is -2.29. The zero-order valence-electron chi connectivity index (χ0n) is 16.0. The maximum absolute atomic E-state index is 13.9. The molecule has 0 aromatic heterocycles. The van der Waals surface area contributed by atoms with E-state index < -0.39 is 21.3 Å². The quantitative estimate of drug-likeness (QED) is 0.582. The molecule has 1 fully saturated rings. The van der Waals surface area contributed by atoms with Gasteiger partial charge in [-0.15, -0.1) is 0 Å². The highest BCUT2D eigenvalue weighted by atomic mass is 32.2. The third-order valence-corrected chi connectivity index (χ3v) is 7.88. The second kappa shape index (κ2) is 7.19. The van der Waals surface area contributed by atoms with E-state index in [1.807, 2.05) is 0 Å². The van der Waals surface area contributed by atoms with Crippen LogP contribution in [0.5, 0.6) is 11.5 Å². The number of carboxylic acid groups (broad SMARTS) is 1. The average molecular weight is 412 g/mol. The van der Waals surface area contributed by atoms with Crippen LogP contribution in [0.25, 0.3) is 10.8 Å². The fourth-order valence-electron chi connectivity index (χ4n) is 3.47. The van der Waals surface area contributed by atoms with Gasteiger partial charge in [0.05, 0.1) is 6.42 Å². The van der Waals surface area contributed by atoms with Gasteiger partial charge in [0.1, 0.15) is 17.3 Å². The minimum absolute atomic E-state index is 0.149. The van der Waals surface area contributed by atoms with Crippen molar-refractivity contribution in [3.63, 3.8) is 0 Å². The Labute approximate surface area is 168 Å². The third-order valence-electron chi connectivity index (χ3n) is 5.26. The Morgan fingerprint density at radius 3 is 2.52 bits per heavy atom. The minimum Gasteiger partial charge on any atom is -0.481 e. The number of carbonyl (C=O) groups is 1. The topological polar surface area (TPSA) is 63.6 Å². The summed E-state index contributed by atoms with van der Waals surface area (Å²) in [5, 5.41) is 10.6. The Bertz CT molecular complexity index is 1210. The average Bonchev–Trinajstić information content (AvgIpc) is 3.51. The van der Waals surface area contributed by atoms with Gasteiger partial charge in [-0.05, 0) is 88.1 Å². The van der Waals surface area contributed by atoms with Crippen molar-refractivity contribution in [2.24, 2.45) is 0 Å². The first-order valence-corrected chi connectivity index (χ1v) is 11.1. The molecular weight excluding hydrogens is 391 g/mol. The fourth-order valence-corrected chi connectivity index (χ4v) is 5.35. The van der Waals surface area contributed by atoms with Crippen LogP contribution in [-0.4, -0.2) is 26.4 Å².